The van der Waals surface area contributed by atoms with Crippen molar-refractivity contribution < 1.29 is 17.9 Å². The van der Waals surface area contributed by atoms with Gasteiger partial charge in [-0.2, -0.15) is 0 Å². The van der Waals surface area contributed by atoms with Gasteiger partial charge in [-0.25, -0.2) is 13.4 Å². The Morgan fingerprint density at radius 2 is 1.61 bits per heavy atom. The second kappa shape index (κ2) is 9.48. The highest BCUT2D eigenvalue weighted by Crippen LogP contribution is 2.20. The van der Waals surface area contributed by atoms with E-state index in [1.807, 2.05) is 25.9 Å². The molecule has 0 aliphatic heterocycles. The summed E-state index contributed by atoms with van der Waals surface area (Å²) in [6.07, 6.45) is 1.56. The van der Waals surface area contributed by atoms with E-state index in [-0.39, 0.29) is 10.8 Å². The summed E-state index contributed by atoms with van der Waals surface area (Å²) in [5, 5.41) is 2.74. The highest BCUT2D eigenvalue weighted by Gasteiger charge is 2.15. The molecule has 9 heteroatoms. The summed E-state index contributed by atoms with van der Waals surface area (Å²) in [4.78, 5) is 18.6. The summed E-state index contributed by atoms with van der Waals surface area (Å²) in [6.45, 7) is 2.40. The molecular formula is C22H24N4O4S. The molecule has 3 rings (SSSR count). The van der Waals surface area contributed by atoms with Crippen LogP contribution in [-0.4, -0.2) is 40.0 Å². The molecule has 0 unspecified atom stereocenters. The molecule has 0 bridgehead atoms. The molecule has 0 radical (unpaired) electrons. The fourth-order valence-corrected chi connectivity index (χ4v) is 3.77. The lowest BCUT2D eigenvalue weighted by Crippen LogP contribution is -2.15. The molecule has 0 atom stereocenters. The Balaban J connectivity index is 1.67. The van der Waals surface area contributed by atoms with Crippen molar-refractivity contribution in [3.05, 3.63) is 72.4 Å². The van der Waals surface area contributed by atoms with Crippen molar-refractivity contribution in [3.8, 4) is 5.75 Å². The molecule has 8 nitrogen and oxygen atoms in total. The van der Waals surface area contributed by atoms with Crippen molar-refractivity contribution in [1.29, 1.82) is 0 Å². The van der Waals surface area contributed by atoms with Crippen LogP contribution in [0.15, 0.2) is 71.8 Å². The van der Waals surface area contributed by atoms with Gasteiger partial charge in [0, 0.05) is 25.3 Å². The molecule has 162 valence electrons. The van der Waals surface area contributed by atoms with Crippen molar-refractivity contribution in [2.75, 3.05) is 35.6 Å². The van der Waals surface area contributed by atoms with Gasteiger partial charge in [0.05, 0.1) is 23.4 Å². The number of benzene rings is 2. The SMILES string of the molecule is CCOc1ccc(NS(=O)(=O)c2ccc(C(=O)Nc3ccc(N(C)C)nc3)cc2)cc1. The van der Waals surface area contributed by atoms with Crippen LogP contribution in [0.5, 0.6) is 5.75 Å². The van der Waals surface area contributed by atoms with Crippen molar-refractivity contribution in [3.63, 3.8) is 0 Å². The smallest absolute Gasteiger partial charge is 0.261 e. The number of pyridine rings is 1. The lowest BCUT2D eigenvalue weighted by molar-refractivity contribution is 0.102. The van der Waals surface area contributed by atoms with E-state index in [1.165, 1.54) is 24.3 Å². The Morgan fingerprint density at radius 3 is 2.16 bits per heavy atom. The normalized spacial score (nSPS) is 10.9. The summed E-state index contributed by atoms with van der Waals surface area (Å²) in [5.74, 6) is 1.07. The maximum absolute atomic E-state index is 12.6. The third-order valence-corrected chi connectivity index (χ3v) is 5.71. The Kier molecular flexibility index (Phi) is 6.76. The van der Waals surface area contributed by atoms with Gasteiger partial charge in [-0.3, -0.25) is 9.52 Å². The number of carbonyl (C=O) groups is 1. The molecule has 0 aliphatic carbocycles. The maximum Gasteiger partial charge on any atom is 0.261 e. The monoisotopic (exact) mass is 440 g/mol. The highest BCUT2D eigenvalue weighted by atomic mass is 32.2. The van der Waals surface area contributed by atoms with Gasteiger partial charge >= 0.3 is 0 Å². The van der Waals surface area contributed by atoms with Crippen LogP contribution in [0.25, 0.3) is 0 Å². The standard InChI is InChI=1S/C22H24N4O4S/c1-4-30-19-10-7-17(8-11-19)25-31(28,29)20-12-5-16(6-13-20)22(27)24-18-9-14-21(23-15-18)26(2)3/h5-15,25H,4H2,1-3H3,(H,24,27). The van der Waals surface area contributed by atoms with Gasteiger partial charge in [0.1, 0.15) is 11.6 Å². The summed E-state index contributed by atoms with van der Waals surface area (Å²) in [5.41, 5.74) is 1.29. The number of rotatable bonds is 8. The number of hydrogen-bond donors (Lipinski definition) is 2. The maximum atomic E-state index is 12.6. The van der Waals surface area contributed by atoms with Gasteiger partial charge in [0.25, 0.3) is 15.9 Å². The lowest BCUT2D eigenvalue weighted by Gasteiger charge is -2.12. The Labute approximate surface area is 181 Å². The zero-order valence-corrected chi connectivity index (χ0v) is 18.3. The van der Waals surface area contributed by atoms with E-state index < -0.39 is 10.0 Å². The minimum atomic E-state index is -3.79. The first-order valence-electron chi connectivity index (χ1n) is 9.59. The van der Waals surface area contributed by atoms with E-state index in [9.17, 15) is 13.2 Å². The first-order chi connectivity index (χ1) is 14.8. The summed E-state index contributed by atoms with van der Waals surface area (Å²) in [7, 11) is -0.0380. The minimum absolute atomic E-state index is 0.0509. The topological polar surface area (TPSA) is 101 Å². The van der Waals surface area contributed by atoms with Crippen molar-refractivity contribution in [2.45, 2.75) is 11.8 Å². The fourth-order valence-electron chi connectivity index (χ4n) is 2.71. The molecule has 2 aromatic carbocycles. The predicted octanol–water partition coefficient (Wildman–Crippen LogP) is 3.60. The number of nitrogens with one attached hydrogen (secondary N) is 2. The lowest BCUT2D eigenvalue weighted by atomic mass is 10.2. The quantitative estimate of drug-likeness (QED) is 0.555. The van der Waals surface area contributed by atoms with Gasteiger partial charge in [-0.1, -0.05) is 0 Å². The van der Waals surface area contributed by atoms with Crippen LogP contribution in [0, 0.1) is 0 Å². The Hall–Kier alpha value is -3.59. The Morgan fingerprint density at radius 1 is 0.968 bits per heavy atom. The van der Waals surface area contributed by atoms with Gasteiger partial charge < -0.3 is 15.0 Å². The number of hydrogen-bond acceptors (Lipinski definition) is 6. The molecule has 0 aliphatic rings. The van der Waals surface area contributed by atoms with E-state index in [1.54, 1.807) is 42.6 Å². The third-order valence-electron chi connectivity index (χ3n) is 4.31. The minimum Gasteiger partial charge on any atom is -0.494 e. The number of aromatic nitrogens is 1. The number of anilines is 3. The zero-order chi connectivity index (χ0) is 22.4. The third kappa shape index (κ3) is 5.73. The summed E-state index contributed by atoms with van der Waals surface area (Å²) < 4.78 is 33.1. The molecule has 0 spiro atoms. The number of sulfonamides is 1. The van der Waals surface area contributed by atoms with Crippen molar-refractivity contribution in [2.24, 2.45) is 0 Å². The van der Waals surface area contributed by atoms with E-state index >= 15 is 0 Å². The summed E-state index contributed by atoms with van der Waals surface area (Å²) >= 11 is 0. The first-order valence-corrected chi connectivity index (χ1v) is 11.1. The largest absolute Gasteiger partial charge is 0.494 e. The first kappa shape index (κ1) is 22.1. The van der Waals surface area contributed by atoms with Crippen LogP contribution >= 0.6 is 0 Å². The molecule has 1 heterocycles. The van der Waals surface area contributed by atoms with Gasteiger partial charge in [-0.15, -0.1) is 0 Å². The van der Waals surface area contributed by atoms with Crippen LogP contribution < -0.4 is 19.7 Å². The predicted molar refractivity (Wildman–Crippen MR) is 121 cm³/mol. The van der Waals surface area contributed by atoms with E-state index in [0.717, 1.165) is 5.82 Å². The van der Waals surface area contributed by atoms with Crippen LogP contribution in [-0.2, 0) is 10.0 Å². The number of nitrogens with zero attached hydrogens (tertiary/aromatic N) is 2. The highest BCUT2D eigenvalue weighted by molar-refractivity contribution is 7.92. The molecule has 31 heavy (non-hydrogen) atoms. The zero-order valence-electron chi connectivity index (χ0n) is 17.5. The molecular weight excluding hydrogens is 416 g/mol. The van der Waals surface area contributed by atoms with Crippen molar-refractivity contribution in [1.82, 2.24) is 4.98 Å². The van der Waals surface area contributed by atoms with Crippen LogP contribution in [0.4, 0.5) is 17.2 Å². The van der Waals surface area contributed by atoms with E-state index in [2.05, 4.69) is 15.0 Å². The molecule has 1 aromatic heterocycles. The second-order valence-electron chi connectivity index (χ2n) is 6.84. The number of carbonyl (C=O) groups excluding carboxylic acids is 1. The summed E-state index contributed by atoms with van der Waals surface area (Å²) in [6, 6.07) is 15.9. The van der Waals surface area contributed by atoms with Gasteiger partial charge in [-0.05, 0) is 67.6 Å². The van der Waals surface area contributed by atoms with Crippen LogP contribution in [0.3, 0.4) is 0 Å². The number of amides is 1. The molecule has 3 aromatic rings. The average Bonchev–Trinajstić information content (AvgIpc) is 2.75. The molecule has 0 saturated heterocycles. The van der Waals surface area contributed by atoms with Crippen LogP contribution in [0.1, 0.15) is 17.3 Å². The molecule has 0 saturated carbocycles. The average molecular weight is 441 g/mol. The van der Waals surface area contributed by atoms with Crippen molar-refractivity contribution >= 4 is 33.1 Å². The molecule has 0 fully saturated rings. The molecule has 2 N–H and O–H groups in total. The second-order valence-corrected chi connectivity index (χ2v) is 8.52. The molecule has 1 amide bonds. The van der Waals surface area contributed by atoms with E-state index in [4.69, 9.17) is 4.74 Å². The fraction of sp³-hybridized carbons (Fsp3) is 0.182. The van der Waals surface area contributed by atoms with Gasteiger partial charge in [0.2, 0.25) is 0 Å². The van der Waals surface area contributed by atoms with Crippen LogP contribution in [0.2, 0.25) is 0 Å². The Bertz CT molecular complexity index is 1130. The van der Waals surface area contributed by atoms with Gasteiger partial charge in [0.15, 0.2) is 0 Å². The van der Waals surface area contributed by atoms with E-state index in [0.29, 0.717) is 29.3 Å². The number of ether oxygens (including phenoxy) is 1.